The Kier molecular flexibility index (Phi) is 9.17. The Morgan fingerprint density at radius 1 is 1.00 bits per heavy atom. The van der Waals surface area contributed by atoms with Gasteiger partial charge in [-0.1, -0.05) is 19.1 Å². The van der Waals surface area contributed by atoms with Gasteiger partial charge in [0.1, 0.15) is 5.82 Å². The van der Waals surface area contributed by atoms with Gasteiger partial charge in [-0.05, 0) is 80.9 Å². The van der Waals surface area contributed by atoms with E-state index in [1.54, 1.807) is 12.1 Å². The van der Waals surface area contributed by atoms with Crippen LogP contribution in [0.4, 0.5) is 27.9 Å². The molecule has 2 atom stereocenters. The van der Waals surface area contributed by atoms with E-state index in [0.29, 0.717) is 36.9 Å². The van der Waals surface area contributed by atoms with Gasteiger partial charge >= 0.3 is 5.97 Å². The van der Waals surface area contributed by atoms with Crippen LogP contribution in [0.25, 0.3) is 0 Å². The van der Waals surface area contributed by atoms with Crippen molar-refractivity contribution in [1.82, 2.24) is 9.97 Å². The van der Waals surface area contributed by atoms with E-state index in [2.05, 4.69) is 4.98 Å². The Labute approximate surface area is 247 Å². The molecule has 1 aromatic heterocycles. The highest BCUT2D eigenvalue weighted by atomic mass is 19.2. The number of benzene rings is 2. The van der Waals surface area contributed by atoms with Crippen LogP contribution in [0.1, 0.15) is 68.2 Å². The Bertz CT molecular complexity index is 1470. The lowest BCUT2D eigenvalue weighted by atomic mass is 9.77. The first-order valence-electron chi connectivity index (χ1n) is 14.6. The van der Waals surface area contributed by atoms with Gasteiger partial charge in [0.05, 0.1) is 18.7 Å². The first-order valence-corrected chi connectivity index (χ1v) is 14.6. The quantitative estimate of drug-likeness (QED) is 0.152. The van der Waals surface area contributed by atoms with Gasteiger partial charge in [0.2, 0.25) is 29.2 Å². The molecule has 11 heteroatoms. The third-order valence-electron chi connectivity index (χ3n) is 8.90. The van der Waals surface area contributed by atoms with Crippen LogP contribution in [0.5, 0.6) is 11.6 Å². The number of carbonyl (C=O) groups excluding carboxylic acids is 1. The van der Waals surface area contributed by atoms with Crippen molar-refractivity contribution in [1.29, 1.82) is 0 Å². The lowest BCUT2D eigenvalue weighted by molar-refractivity contribution is -0.146. The molecule has 3 aromatic rings. The molecule has 1 fully saturated rings. The van der Waals surface area contributed by atoms with Gasteiger partial charge in [-0.15, -0.1) is 0 Å². The second kappa shape index (κ2) is 12.9. The number of halogens is 5. The van der Waals surface area contributed by atoms with Crippen molar-refractivity contribution >= 4 is 11.9 Å². The van der Waals surface area contributed by atoms with E-state index in [9.17, 15) is 26.7 Å². The highest BCUT2D eigenvalue weighted by Gasteiger charge is 2.35. The number of anilines is 1. The number of fused-ring (bicyclic) bond motifs is 1. The molecule has 2 aliphatic rings. The molecule has 43 heavy (non-hydrogen) atoms. The zero-order valence-electron chi connectivity index (χ0n) is 24.3. The maximum Gasteiger partial charge on any atom is 0.308 e. The summed E-state index contributed by atoms with van der Waals surface area (Å²) in [4.78, 5) is 23.3. The average Bonchev–Trinajstić information content (AvgIpc) is 3.02. The number of nitrogens with zero attached hydrogens (tertiary/aromatic N) is 3. The van der Waals surface area contributed by atoms with E-state index in [0.717, 1.165) is 24.8 Å². The molecule has 6 nitrogen and oxygen atoms in total. The molecule has 2 aromatic carbocycles. The maximum atomic E-state index is 14.7. The van der Waals surface area contributed by atoms with Crippen LogP contribution in [-0.2, 0) is 22.4 Å². The smallest absolute Gasteiger partial charge is 0.308 e. The molecular weight excluding hydrogens is 569 g/mol. The van der Waals surface area contributed by atoms with Crippen LogP contribution in [0.2, 0.25) is 0 Å². The van der Waals surface area contributed by atoms with Crippen molar-refractivity contribution in [2.45, 2.75) is 70.3 Å². The second-order valence-corrected chi connectivity index (χ2v) is 11.4. The standard InChI is InChI=1S/C32H34F5N3O3/c1-4-26(17-8-10-18(11-9-17)31(41)42-3)40(2)32-38-25-13-12-20(19-6-5-7-21(33)14-19)15-22(25)30(39-32)43-29-27(36)23(34)16-24(35)28(29)37/h5-7,14,16-18,20,26H,4,8-13,15H2,1-3H3/t17?,18?,20-,26-/m1/s1. The zero-order chi connectivity index (χ0) is 30.8. The Morgan fingerprint density at radius 3 is 2.33 bits per heavy atom. The molecule has 0 spiro atoms. The minimum atomic E-state index is -1.67. The Morgan fingerprint density at radius 2 is 1.70 bits per heavy atom. The summed E-state index contributed by atoms with van der Waals surface area (Å²) in [5.74, 6) is -8.39. The number of hydrogen-bond acceptors (Lipinski definition) is 6. The van der Waals surface area contributed by atoms with Crippen molar-refractivity contribution in [2.24, 2.45) is 11.8 Å². The highest BCUT2D eigenvalue weighted by molar-refractivity contribution is 5.72. The van der Waals surface area contributed by atoms with Gasteiger partial charge in [-0.3, -0.25) is 4.79 Å². The predicted molar refractivity (Wildman–Crippen MR) is 149 cm³/mol. The van der Waals surface area contributed by atoms with Crippen LogP contribution < -0.4 is 9.64 Å². The van der Waals surface area contributed by atoms with E-state index < -0.39 is 34.8 Å². The van der Waals surface area contributed by atoms with Crippen molar-refractivity contribution in [3.63, 3.8) is 0 Å². The number of rotatable bonds is 8. The lowest BCUT2D eigenvalue weighted by Crippen LogP contribution is -2.41. The van der Waals surface area contributed by atoms with Gasteiger partial charge in [-0.2, -0.15) is 13.8 Å². The molecule has 5 rings (SSSR count). The summed E-state index contributed by atoms with van der Waals surface area (Å²) in [6, 6.07) is 6.28. The fourth-order valence-corrected chi connectivity index (χ4v) is 6.57. The number of aromatic nitrogens is 2. The summed E-state index contributed by atoms with van der Waals surface area (Å²) in [7, 11) is 3.22. The number of ether oxygens (including phenoxy) is 2. The summed E-state index contributed by atoms with van der Waals surface area (Å²) in [6.45, 7) is 2.03. The van der Waals surface area contributed by atoms with Gasteiger partial charge in [-0.25, -0.2) is 18.2 Å². The van der Waals surface area contributed by atoms with E-state index in [1.807, 2.05) is 18.9 Å². The SMILES string of the molecule is CC[C@H](C1CCC(C(=O)OC)CC1)N(C)c1nc2c(c(Oc3c(F)c(F)cc(F)c3F)n1)C[C@H](c1cccc(F)c1)CC2. The van der Waals surface area contributed by atoms with Crippen LogP contribution in [0.3, 0.4) is 0 Å². The molecule has 0 bridgehead atoms. The molecule has 0 radical (unpaired) electrons. The largest absolute Gasteiger partial charge is 0.469 e. The van der Waals surface area contributed by atoms with Crippen molar-refractivity contribution in [3.05, 3.63) is 76.2 Å². The molecule has 0 aliphatic heterocycles. The summed E-state index contributed by atoms with van der Waals surface area (Å²) in [6.07, 6.45) is 5.07. The maximum absolute atomic E-state index is 14.7. The second-order valence-electron chi connectivity index (χ2n) is 11.4. The third-order valence-corrected chi connectivity index (χ3v) is 8.90. The van der Waals surface area contributed by atoms with Crippen molar-refractivity contribution in [3.8, 4) is 11.6 Å². The number of hydrogen-bond donors (Lipinski definition) is 0. The van der Waals surface area contributed by atoms with E-state index in [1.165, 1.54) is 19.2 Å². The molecular formula is C32H34F5N3O3. The summed E-state index contributed by atoms with van der Waals surface area (Å²) in [5.41, 5.74) is 1.76. The van der Waals surface area contributed by atoms with Crippen LogP contribution in [-0.4, -0.2) is 36.1 Å². The predicted octanol–water partition coefficient (Wildman–Crippen LogP) is 7.43. The lowest BCUT2D eigenvalue weighted by Gasteiger charge is -2.38. The molecule has 1 heterocycles. The van der Waals surface area contributed by atoms with Gasteiger partial charge in [0.25, 0.3) is 0 Å². The summed E-state index contributed by atoms with van der Waals surface area (Å²) in [5, 5.41) is 0. The molecule has 230 valence electrons. The normalized spacial score (nSPS) is 20.7. The minimum absolute atomic E-state index is 0.0202. The van der Waals surface area contributed by atoms with Gasteiger partial charge in [0.15, 0.2) is 11.6 Å². The van der Waals surface area contributed by atoms with Crippen LogP contribution >= 0.6 is 0 Å². The number of methoxy groups -OCH3 is 1. The molecule has 0 amide bonds. The highest BCUT2D eigenvalue weighted by Crippen LogP contribution is 2.41. The molecule has 0 N–H and O–H groups in total. The van der Waals surface area contributed by atoms with Crippen LogP contribution in [0.15, 0.2) is 30.3 Å². The third kappa shape index (κ3) is 6.31. The van der Waals surface area contributed by atoms with E-state index >= 15 is 0 Å². The average molecular weight is 604 g/mol. The monoisotopic (exact) mass is 603 g/mol. The minimum Gasteiger partial charge on any atom is -0.469 e. The Hall–Kier alpha value is -3.76. The van der Waals surface area contributed by atoms with E-state index in [-0.39, 0.29) is 54.1 Å². The summed E-state index contributed by atoms with van der Waals surface area (Å²) >= 11 is 0. The summed E-state index contributed by atoms with van der Waals surface area (Å²) < 4.78 is 82.1. The topological polar surface area (TPSA) is 64.5 Å². The fraction of sp³-hybridized carbons (Fsp3) is 0.469. The first-order chi connectivity index (χ1) is 20.6. The zero-order valence-corrected chi connectivity index (χ0v) is 24.3. The number of aryl methyl sites for hydroxylation is 1. The van der Waals surface area contributed by atoms with Crippen molar-refractivity contribution < 1.29 is 36.2 Å². The molecule has 0 saturated heterocycles. The molecule has 2 aliphatic carbocycles. The number of esters is 1. The van der Waals surface area contributed by atoms with Crippen LogP contribution in [0, 0.1) is 40.9 Å². The first kappa shape index (κ1) is 30.7. The van der Waals surface area contributed by atoms with Crippen molar-refractivity contribution in [2.75, 3.05) is 19.1 Å². The Balaban J connectivity index is 1.50. The van der Waals surface area contributed by atoms with E-state index in [4.69, 9.17) is 14.5 Å². The van der Waals surface area contributed by atoms with Gasteiger partial charge in [0, 0.05) is 24.7 Å². The molecule has 1 saturated carbocycles. The number of carbonyl (C=O) groups is 1. The van der Waals surface area contributed by atoms with Gasteiger partial charge < -0.3 is 14.4 Å². The fourth-order valence-electron chi connectivity index (χ4n) is 6.57. The molecule has 0 unspecified atom stereocenters.